The van der Waals surface area contributed by atoms with E-state index in [9.17, 15) is 9.18 Å². The fourth-order valence-electron chi connectivity index (χ4n) is 3.11. The van der Waals surface area contributed by atoms with Gasteiger partial charge in [0.1, 0.15) is 17.2 Å². The number of rotatable bonds is 6. The van der Waals surface area contributed by atoms with Gasteiger partial charge in [-0.2, -0.15) is 0 Å². The van der Waals surface area contributed by atoms with E-state index in [1.807, 2.05) is 38.1 Å². The number of aliphatic carboxylic acids is 1. The van der Waals surface area contributed by atoms with Gasteiger partial charge < -0.3 is 15.2 Å². The minimum absolute atomic E-state index is 0.120. The second kappa shape index (κ2) is 6.75. The highest BCUT2D eigenvalue weighted by atomic mass is 19.1. The van der Waals surface area contributed by atoms with Crippen molar-refractivity contribution < 1.29 is 19.0 Å². The summed E-state index contributed by atoms with van der Waals surface area (Å²) >= 11 is 0. The molecule has 0 amide bonds. The van der Waals surface area contributed by atoms with E-state index in [0.29, 0.717) is 19.4 Å². The number of carboxylic acid groups (broad SMARTS) is 1. The third-order valence-corrected chi connectivity index (χ3v) is 4.27. The Morgan fingerprint density at radius 2 is 2.00 bits per heavy atom. The lowest BCUT2D eigenvalue weighted by Crippen LogP contribution is -2.25. The Kier molecular flexibility index (Phi) is 4.66. The number of ether oxygens (including phenoxy) is 1. The SMILES string of the molecule is CC1(C)Cc2cc(F)cc(CNc3ccc(CCC(=O)O)cc3)c2O1. The molecule has 0 radical (unpaired) electrons. The standard InChI is InChI=1S/C20H22FNO3/c1-20(2)11-14-9-16(21)10-15(19(14)25-20)12-22-17-6-3-13(4-7-17)5-8-18(23)24/h3-4,6-7,9-10,22H,5,8,11-12H2,1-2H3,(H,23,24). The topological polar surface area (TPSA) is 58.6 Å². The smallest absolute Gasteiger partial charge is 0.303 e. The first-order valence-electron chi connectivity index (χ1n) is 8.37. The lowest BCUT2D eigenvalue weighted by molar-refractivity contribution is -0.136. The van der Waals surface area contributed by atoms with Crippen LogP contribution in [0, 0.1) is 5.82 Å². The number of benzene rings is 2. The normalized spacial score (nSPS) is 14.7. The molecule has 0 atom stereocenters. The summed E-state index contributed by atoms with van der Waals surface area (Å²) in [6.45, 7) is 4.46. The summed E-state index contributed by atoms with van der Waals surface area (Å²) in [5.41, 5.74) is 3.27. The zero-order valence-corrected chi connectivity index (χ0v) is 14.4. The van der Waals surface area contributed by atoms with Crippen LogP contribution in [0.15, 0.2) is 36.4 Å². The van der Waals surface area contributed by atoms with Crippen molar-refractivity contribution in [2.45, 2.75) is 45.3 Å². The number of nitrogens with one attached hydrogen (secondary N) is 1. The Morgan fingerprint density at radius 1 is 1.28 bits per heavy atom. The molecule has 3 rings (SSSR count). The van der Waals surface area contributed by atoms with Gasteiger partial charge in [0, 0.05) is 36.2 Å². The van der Waals surface area contributed by atoms with Gasteiger partial charge in [-0.25, -0.2) is 4.39 Å². The van der Waals surface area contributed by atoms with Crippen LogP contribution >= 0.6 is 0 Å². The van der Waals surface area contributed by atoms with Crippen molar-refractivity contribution in [3.63, 3.8) is 0 Å². The Balaban J connectivity index is 1.67. The first kappa shape index (κ1) is 17.3. The molecule has 2 aromatic carbocycles. The van der Waals surface area contributed by atoms with Crippen LogP contribution in [0.25, 0.3) is 0 Å². The highest BCUT2D eigenvalue weighted by molar-refractivity contribution is 5.67. The third-order valence-electron chi connectivity index (χ3n) is 4.27. The van der Waals surface area contributed by atoms with Crippen LogP contribution in [0.5, 0.6) is 5.75 Å². The lowest BCUT2D eigenvalue weighted by atomic mass is 10.0. The van der Waals surface area contributed by atoms with Gasteiger partial charge in [0.05, 0.1) is 0 Å². The average molecular weight is 343 g/mol. The van der Waals surface area contributed by atoms with Crippen LogP contribution in [-0.4, -0.2) is 16.7 Å². The first-order valence-corrected chi connectivity index (χ1v) is 8.37. The van der Waals surface area contributed by atoms with E-state index in [2.05, 4.69) is 5.32 Å². The molecule has 0 saturated heterocycles. The van der Waals surface area contributed by atoms with Crippen LogP contribution in [-0.2, 0) is 24.2 Å². The zero-order valence-electron chi connectivity index (χ0n) is 14.4. The molecule has 0 spiro atoms. The summed E-state index contributed by atoms with van der Waals surface area (Å²) < 4.78 is 19.9. The fourth-order valence-corrected chi connectivity index (χ4v) is 3.11. The predicted molar refractivity (Wildman–Crippen MR) is 94.5 cm³/mol. The summed E-state index contributed by atoms with van der Waals surface area (Å²) in [4.78, 5) is 10.6. The number of halogens is 1. The Hall–Kier alpha value is -2.56. The molecule has 0 unspecified atom stereocenters. The number of aryl methyl sites for hydroxylation is 1. The van der Waals surface area contributed by atoms with Gasteiger partial charge in [0.2, 0.25) is 0 Å². The van der Waals surface area contributed by atoms with Crippen molar-refractivity contribution in [3.8, 4) is 5.75 Å². The van der Waals surface area contributed by atoms with Crippen molar-refractivity contribution in [3.05, 3.63) is 58.9 Å². The number of carboxylic acids is 1. The second-order valence-electron chi connectivity index (χ2n) is 7.04. The molecule has 1 heterocycles. The minimum Gasteiger partial charge on any atom is -0.487 e. The van der Waals surface area contributed by atoms with Crippen molar-refractivity contribution in [2.75, 3.05) is 5.32 Å². The van der Waals surface area contributed by atoms with Crippen LogP contribution < -0.4 is 10.1 Å². The summed E-state index contributed by atoms with van der Waals surface area (Å²) in [5.74, 6) is -0.275. The van der Waals surface area contributed by atoms with Gasteiger partial charge in [-0.1, -0.05) is 12.1 Å². The number of hydrogen-bond donors (Lipinski definition) is 2. The van der Waals surface area contributed by atoms with Gasteiger partial charge in [-0.15, -0.1) is 0 Å². The first-order chi connectivity index (χ1) is 11.8. The van der Waals surface area contributed by atoms with E-state index in [1.54, 1.807) is 6.07 Å². The van der Waals surface area contributed by atoms with E-state index < -0.39 is 5.97 Å². The van der Waals surface area contributed by atoms with Crippen LogP contribution in [0.1, 0.15) is 37.0 Å². The quantitative estimate of drug-likeness (QED) is 0.826. The largest absolute Gasteiger partial charge is 0.487 e. The molecular weight excluding hydrogens is 321 g/mol. The van der Waals surface area contributed by atoms with Crippen molar-refractivity contribution >= 4 is 11.7 Å². The maximum absolute atomic E-state index is 13.9. The van der Waals surface area contributed by atoms with Crippen LogP contribution in [0.3, 0.4) is 0 Å². The lowest BCUT2D eigenvalue weighted by Gasteiger charge is -2.18. The number of hydrogen-bond acceptors (Lipinski definition) is 3. The van der Waals surface area contributed by atoms with E-state index in [4.69, 9.17) is 9.84 Å². The van der Waals surface area contributed by atoms with Crippen molar-refractivity contribution in [1.82, 2.24) is 0 Å². The summed E-state index contributed by atoms with van der Waals surface area (Å²) in [7, 11) is 0. The van der Waals surface area contributed by atoms with Crippen molar-refractivity contribution in [2.24, 2.45) is 0 Å². The molecule has 1 aliphatic heterocycles. The van der Waals surface area contributed by atoms with Gasteiger partial charge >= 0.3 is 5.97 Å². The van der Waals surface area contributed by atoms with Gasteiger partial charge in [-0.05, 0) is 50.1 Å². The predicted octanol–water partition coefficient (Wildman–Crippen LogP) is 4.17. The minimum atomic E-state index is -0.801. The van der Waals surface area contributed by atoms with Crippen LogP contribution in [0.4, 0.5) is 10.1 Å². The highest BCUT2D eigenvalue weighted by Crippen LogP contribution is 2.38. The molecule has 0 aliphatic carbocycles. The average Bonchev–Trinajstić information content (AvgIpc) is 2.85. The van der Waals surface area contributed by atoms with Crippen LogP contribution in [0.2, 0.25) is 0 Å². The molecule has 0 fully saturated rings. The number of anilines is 1. The third kappa shape index (κ3) is 4.29. The second-order valence-corrected chi connectivity index (χ2v) is 7.04. The molecule has 1 aliphatic rings. The molecular formula is C20H22FNO3. The Bertz CT molecular complexity index is 784. The number of carbonyl (C=O) groups is 1. The molecule has 0 aromatic heterocycles. The summed E-state index contributed by atoms with van der Waals surface area (Å²) in [5, 5.41) is 12.0. The molecule has 2 N–H and O–H groups in total. The summed E-state index contributed by atoms with van der Waals surface area (Å²) in [6.07, 6.45) is 1.33. The van der Waals surface area contributed by atoms with Gasteiger partial charge in [-0.3, -0.25) is 4.79 Å². The maximum Gasteiger partial charge on any atom is 0.303 e. The summed E-state index contributed by atoms with van der Waals surface area (Å²) in [6, 6.07) is 10.7. The highest BCUT2D eigenvalue weighted by Gasteiger charge is 2.32. The molecule has 5 heteroatoms. The Morgan fingerprint density at radius 3 is 2.68 bits per heavy atom. The number of fused-ring (bicyclic) bond motifs is 1. The van der Waals surface area contributed by atoms with Gasteiger partial charge in [0.25, 0.3) is 0 Å². The molecule has 0 bridgehead atoms. The molecule has 2 aromatic rings. The van der Waals surface area contributed by atoms with E-state index in [1.165, 1.54) is 6.07 Å². The fraction of sp³-hybridized carbons (Fsp3) is 0.350. The molecule has 0 saturated carbocycles. The molecule has 4 nitrogen and oxygen atoms in total. The van der Waals surface area contributed by atoms with E-state index >= 15 is 0 Å². The molecule has 132 valence electrons. The van der Waals surface area contributed by atoms with Crippen molar-refractivity contribution in [1.29, 1.82) is 0 Å². The van der Waals surface area contributed by atoms with E-state index in [0.717, 1.165) is 28.1 Å². The zero-order chi connectivity index (χ0) is 18.0. The van der Waals surface area contributed by atoms with Gasteiger partial charge in [0.15, 0.2) is 0 Å². The van der Waals surface area contributed by atoms with E-state index in [-0.39, 0.29) is 17.8 Å². The monoisotopic (exact) mass is 343 g/mol. The molecule has 25 heavy (non-hydrogen) atoms. The maximum atomic E-state index is 13.9. The Labute approximate surface area is 146 Å².